The molecule has 1 rings (SSSR count). The Bertz CT molecular complexity index is 187. The molecule has 1 heterocycles. The zero-order valence-electron chi connectivity index (χ0n) is 9.67. The van der Waals surface area contributed by atoms with Gasteiger partial charge in [0.1, 0.15) is 6.10 Å². The minimum absolute atomic E-state index is 0.114. The smallest absolute Gasteiger partial charge is 0.184 e. The molecule has 0 aliphatic carbocycles. The Hall–Kier alpha value is -0.200. The highest BCUT2D eigenvalue weighted by Gasteiger charge is 2.43. The van der Waals surface area contributed by atoms with Crippen molar-refractivity contribution in [3.63, 3.8) is 0 Å². The SMILES string of the molecule is COC[C@H]1O[C@H](O)[C@H](OC)[C@@H](OC)[C@@H]1C. The fraction of sp³-hybridized carbons (Fsp3) is 1.00. The van der Waals surface area contributed by atoms with Crippen molar-refractivity contribution in [3.8, 4) is 0 Å². The molecule has 1 aliphatic rings. The predicted octanol–water partition coefficient (Wildman–Crippen LogP) is 0.0161. The van der Waals surface area contributed by atoms with E-state index >= 15 is 0 Å². The second kappa shape index (κ2) is 5.77. The molecule has 0 spiro atoms. The third-order valence-electron chi connectivity index (χ3n) is 2.90. The highest BCUT2D eigenvalue weighted by Crippen LogP contribution is 2.28. The normalized spacial score (nSPS) is 41.8. The van der Waals surface area contributed by atoms with Crippen LogP contribution in [0.5, 0.6) is 0 Å². The van der Waals surface area contributed by atoms with Crippen LogP contribution >= 0.6 is 0 Å². The number of methoxy groups -OCH3 is 3. The maximum absolute atomic E-state index is 9.70. The summed E-state index contributed by atoms with van der Waals surface area (Å²) in [5.41, 5.74) is 0. The van der Waals surface area contributed by atoms with Crippen LogP contribution in [0, 0.1) is 5.92 Å². The van der Waals surface area contributed by atoms with Crippen LogP contribution < -0.4 is 0 Å². The number of hydrogen-bond donors (Lipinski definition) is 1. The van der Waals surface area contributed by atoms with Crippen molar-refractivity contribution in [2.24, 2.45) is 5.92 Å². The molecular weight excluding hydrogens is 200 g/mol. The van der Waals surface area contributed by atoms with Gasteiger partial charge in [0.05, 0.1) is 18.8 Å². The maximum Gasteiger partial charge on any atom is 0.184 e. The highest BCUT2D eigenvalue weighted by atomic mass is 16.7. The Balaban J connectivity index is 2.70. The van der Waals surface area contributed by atoms with Crippen LogP contribution in [0.2, 0.25) is 0 Å². The van der Waals surface area contributed by atoms with Crippen molar-refractivity contribution in [3.05, 3.63) is 0 Å². The number of aliphatic hydroxyl groups is 1. The Kier molecular flexibility index (Phi) is 4.95. The third kappa shape index (κ3) is 2.68. The van der Waals surface area contributed by atoms with E-state index in [-0.39, 0.29) is 18.1 Å². The summed E-state index contributed by atoms with van der Waals surface area (Å²) in [5.74, 6) is 0.114. The Morgan fingerprint density at radius 1 is 1.13 bits per heavy atom. The first-order valence-corrected chi connectivity index (χ1v) is 5.03. The lowest BCUT2D eigenvalue weighted by Crippen LogP contribution is -2.56. The van der Waals surface area contributed by atoms with Crippen molar-refractivity contribution in [1.82, 2.24) is 0 Å². The standard InChI is InChI=1S/C10H20O5/c1-6-7(5-12-2)15-10(11)9(14-4)8(6)13-3/h6-11H,5H2,1-4H3/t6-,7-,8+,9-,10+/m1/s1. The van der Waals surface area contributed by atoms with E-state index in [2.05, 4.69) is 0 Å². The average Bonchev–Trinajstić information content (AvgIpc) is 2.22. The molecular formula is C10H20O5. The summed E-state index contributed by atoms with van der Waals surface area (Å²) in [4.78, 5) is 0. The van der Waals surface area contributed by atoms with Crippen LogP contribution in [-0.4, -0.2) is 57.6 Å². The molecule has 15 heavy (non-hydrogen) atoms. The molecule has 5 atom stereocenters. The van der Waals surface area contributed by atoms with E-state index in [4.69, 9.17) is 18.9 Å². The molecule has 0 saturated carbocycles. The van der Waals surface area contributed by atoms with Gasteiger partial charge in [-0.15, -0.1) is 0 Å². The zero-order valence-corrected chi connectivity index (χ0v) is 9.67. The largest absolute Gasteiger partial charge is 0.382 e. The molecule has 90 valence electrons. The molecule has 0 radical (unpaired) electrons. The van der Waals surface area contributed by atoms with Crippen LogP contribution in [0.1, 0.15) is 6.92 Å². The first-order chi connectivity index (χ1) is 7.15. The van der Waals surface area contributed by atoms with E-state index in [1.54, 1.807) is 14.2 Å². The van der Waals surface area contributed by atoms with Gasteiger partial charge in [-0.1, -0.05) is 6.92 Å². The van der Waals surface area contributed by atoms with E-state index in [0.717, 1.165) is 0 Å². The average molecular weight is 220 g/mol. The number of rotatable bonds is 4. The van der Waals surface area contributed by atoms with Crippen LogP contribution in [0.3, 0.4) is 0 Å². The molecule has 0 amide bonds. The van der Waals surface area contributed by atoms with Gasteiger partial charge in [0.15, 0.2) is 6.29 Å². The minimum Gasteiger partial charge on any atom is -0.382 e. The lowest BCUT2D eigenvalue weighted by atomic mass is 9.91. The predicted molar refractivity (Wildman–Crippen MR) is 53.5 cm³/mol. The first kappa shape index (κ1) is 12.9. The van der Waals surface area contributed by atoms with E-state index in [9.17, 15) is 5.11 Å². The molecule has 1 N–H and O–H groups in total. The van der Waals surface area contributed by atoms with Gasteiger partial charge >= 0.3 is 0 Å². The molecule has 5 nitrogen and oxygen atoms in total. The lowest BCUT2D eigenvalue weighted by molar-refractivity contribution is -0.282. The summed E-state index contributed by atoms with van der Waals surface area (Å²) in [7, 11) is 4.74. The van der Waals surface area contributed by atoms with Crippen molar-refractivity contribution in [2.45, 2.75) is 31.5 Å². The Morgan fingerprint density at radius 2 is 1.73 bits per heavy atom. The molecule has 0 bridgehead atoms. The van der Waals surface area contributed by atoms with Crippen LogP contribution in [-0.2, 0) is 18.9 Å². The molecule has 0 aromatic rings. The van der Waals surface area contributed by atoms with E-state index < -0.39 is 12.4 Å². The van der Waals surface area contributed by atoms with Gasteiger partial charge in [0.2, 0.25) is 0 Å². The number of ether oxygens (including phenoxy) is 4. The summed E-state index contributed by atoms with van der Waals surface area (Å²) in [6, 6.07) is 0. The summed E-state index contributed by atoms with van der Waals surface area (Å²) in [5, 5.41) is 9.70. The van der Waals surface area contributed by atoms with Gasteiger partial charge in [-0.05, 0) is 0 Å². The fourth-order valence-corrected chi connectivity index (χ4v) is 2.01. The summed E-state index contributed by atoms with van der Waals surface area (Å²) >= 11 is 0. The number of aliphatic hydroxyl groups excluding tert-OH is 1. The molecule has 5 heteroatoms. The summed E-state index contributed by atoms with van der Waals surface area (Å²) in [6.07, 6.45) is -1.75. The molecule has 1 fully saturated rings. The second-order valence-electron chi connectivity index (χ2n) is 3.78. The van der Waals surface area contributed by atoms with Gasteiger partial charge in [-0.3, -0.25) is 0 Å². The highest BCUT2D eigenvalue weighted by molar-refractivity contribution is 4.88. The van der Waals surface area contributed by atoms with E-state index in [0.29, 0.717) is 6.61 Å². The monoisotopic (exact) mass is 220 g/mol. The second-order valence-corrected chi connectivity index (χ2v) is 3.78. The Labute approximate surface area is 90.3 Å². The minimum atomic E-state index is -0.962. The van der Waals surface area contributed by atoms with Crippen LogP contribution in [0.4, 0.5) is 0 Å². The third-order valence-corrected chi connectivity index (χ3v) is 2.90. The first-order valence-electron chi connectivity index (χ1n) is 5.03. The maximum atomic E-state index is 9.70. The number of hydrogen-bond acceptors (Lipinski definition) is 5. The van der Waals surface area contributed by atoms with Gasteiger partial charge in [0.25, 0.3) is 0 Å². The quantitative estimate of drug-likeness (QED) is 0.723. The molecule has 0 aromatic carbocycles. The van der Waals surface area contributed by atoms with Crippen molar-refractivity contribution in [2.75, 3.05) is 27.9 Å². The van der Waals surface area contributed by atoms with E-state index in [1.165, 1.54) is 7.11 Å². The topological polar surface area (TPSA) is 57.2 Å². The zero-order chi connectivity index (χ0) is 11.4. The van der Waals surface area contributed by atoms with Gasteiger partial charge in [-0.25, -0.2) is 0 Å². The summed E-state index contributed by atoms with van der Waals surface area (Å²) in [6.45, 7) is 2.43. The van der Waals surface area contributed by atoms with Crippen LogP contribution in [0.15, 0.2) is 0 Å². The molecule has 1 aliphatic heterocycles. The van der Waals surface area contributed by atoms with Crippen molar-refractivity contribution in [1.29, 1.82) is 0 Å². The molecule has 0 aromatic heterocycles. The van der Waals surface area contributed by atoms with Gasteiger partial charge in [0, 0.05) is 27.2 Å². The van der Waals surface area contributed by atoms with Crippen molar-refractivity contribution < 1.29 is 24.1 Å². The lowest BCUT2D eigenvalue weighted by Gasteiger charge is -2.42. The van der Waals surface area contributed by atoms with Crippen LogP contribution in [0.25, 0.3) is 0 Å². The van der Waals surface area contributed by atoms with Gasteiger partial charge < -0.3 is 24.1 Å². The molecule has 0 unspecified atom stereocenters. The molecule has 1 saturated heterocycles. The summed E-state index contributed by atoms with van der Waals surface area (Å²) < 4.78 is 20.9. The van der Waals surface area contributed by atoms with Crippen molar-refractivity contribution >= 4 is 0 Å². The van der Waals surface area contributed by atoms with Gasteiger partial charge in [-0.2, -0.15) is 0 Å². The van der Waals surface area contributed by atoms with E-state index in [1.807, 2.05) is 6.92 Å². The fourth-order valence-electron chi connectivity index (χ4n) is 2.01. The Morgan fingerprint density at radius 3 is 2.20 bits per heavy atom.